The van der Waals surface area contributed by atoms with E-state index in [9.17, 15) is 30.6 Å². The van der Waals surface area contributed by atoms with Gasteiger partial charge in [-0.25, -0.2) is 0 Å². The molecule has 0 saturated carbocycles. The van der Waals surface area contributed by atoms with Crippen LogP contribution in [0.25, 0.3) is 0 Å². The van der Waals surface area contributed by atoms with Gasteiger partial charge in [0, 0.05) is 12.1 Å². The third kappa shape index (κ3) is 4.85. The number of phenolic OH excluding ortho intramolecular Hbond substituents is 1. The van der Waals surface area contributed by atoms with Gasteiger partial charge in [-0.05, 0) is 0 Å². The zero-order valence-electron chi connectivity index (χ0n) is 17.3. The molecule has 2 heterocycles. The maximum absolute atomic E-state index is 10.3. The SMILES string of the molecule is COc1cc(O[C@@H]2O[C@H](CO[C@H]3O[C@@H](CO)[C@H](O)[C@@H]3O)[C@H](O)[C@H](O)[C@H]2O)cc(OC)c1O. The van der Waals surface area contributed by atoms with Gasteiger partial charge in [0.2, 0.25) is 12.0 Å². The van der Waals surface area contributed by atoms with Gasteiger partial charge in [-0.1, -0.05) is 0 Å². The summed E-state index contributed by atoms with van der Waals surface area (Å²) in [6, 6.07) is 2.60. The molecule has 2 aliphatic heterocycles. The molecule has 2 aliphatic rings. The minimum absolute atomic E-state index is 0.0227. The topological polar surface area (TPSA) is 197 Å². The number of benzene rings is 1. The molecule has 182 valence electrons. The normalized spacial score (nSPS) is 37.3. The lowest BCUT2D eigenvalue weighted by molar-refractivity contribution is -0.290. The molecular weight excluding hydrogens is 436 g/mol. The van der Waals surface area contributed by atoms with Crippen molar-refractivity contribution in [3.63, 3.8) is 0 Å². The molecule has 1 aromatic rings. The molecule has 9 atom stereocenters. The summed E-state index contributed by atoms with van der Waals surface area (Å²) in [5, 5.41) is 69.6. The number of aliphatic hydroxyl groups is 6. The Labute approximate surface area is 182 Å². The monoisotopic (exact) mass is 464 g/mol. The standard InChI is InChI=1S/C19H28O13/c1-27-8-3-7(4-9(28-2)12(8)21)30-19-17(26)15(24)14(23)11(32-19)6-29-18-16(25)13(22)10(5-20)31-18/h3-4,10-11,13-26H,5-6H2,1-2H3/t10-,11+,13-,14-,15-,16-,17+,18-,19+/m0/s1. The van der Waals surface area contributed by atoms with Gasteiger partial charge in [-0.15, -0.1) is 0 Å². The van der Waals surface area contributed by atoms with Crippen LogP contribution in [0.4, 0.5) is 0 Å². The molecule has 0 amide bonds. The van der Waals surface area contributed by atoms with Crippen molar-refractivity contribution in [3.05, 3.63) is 12.1 Å². The summed E-state index contributed by atoms with van der Waals surface area (Å²) < 4.78 is 31.7. The highest BCUT2D eigenvalue weighted by atomic mass is 16.7. The smallest absolute Gasteiger partial charge is 0.229 e. The van der Waals surface area contributed by atoms with Crippen LogP contribution in [0.15, 0.2) is 12.1 Å². The van der Waals surface area contributed by atoms with Gasteiger partial charge in [0.05, 0.1) is 27.4 Å². The molecule has 0 spiro atoms. The van der Waals surface area contributed by atoms with Crippen molar-refractivity contribution >= 4 is 0 Å². The zero-order valence-corrected chi connectivity index (χ0v) is 17.3. The first-order valence-electron chi connectivity index (χ1n) is 9.77. The Kier molecular flexibility index (Phi) is 7.97. The summed E-state index contributed by atoms with van der Waals surface area (Å²) in [5.74, 6) is -0.163. The first-order chi connectivity index (χ1) is 15.2. The maximum atomic E-state index is 10.3. The fraction of sp³-hybridized carbons (Fsp3) is 0.684. The molecule has 0 radical (unpaired) electrons. The van der Waals surface area contributed by atoms with E-state index >= 15 is 0 Å². The Morgan fingerprint density at radius 1 is 0.781 bits per heavy atom. The fourth-order valence-electron chi connectivity index (χ4n) is 3.42. The van der Waals surface area contributed by atoms with Crippen LogP contribution in [-0.2, 0) is 14.2 Å². The molecule has 13 nitrogen and oxygen atoms in total. The largest absolute Gasteiger partial charge is 0.502 e. The highest BCUT2D eigenvalue weighted by molar-refractivity contribution is 5.54. The third-order valence-corrected chi connectivity index (χ3v) is 5.30. The molecular formula is C19H28O13. The molecule has 7 N–H and O–H groups in total. The summed E-state index contributed by atoms with van der Waals surface area (Å²) in [4.78, 5) is 0. The van der Waals surface area contributed by atoms with Gasteiger partial charge in [0.25, 0.3) is 0 Å². The predicted octanol–water partition coefficient (Wildman–Crippen LogP) is -2.95. The van der Waals surface area contributed by atoms with Crippen molar-refractivity contribution in [1.82, 2.24) is 0 Å². The van der Waals surface area contributed by atoms with Crippen LogP contribution in [-0.4, -0.2) is 118 Å². The Morgan fingerprint density at radius 3 is 1.84 bits per heavy atom. The molecule has 1 aromatic carbocycles. The van der Waals surface area contributed by atoms with Gasteiger partial charge in [-0.3, -0.25) is 0 Å². The average molecular weight is 464 g/mol. The van der Waals surface area contributed by atoms with E-state index in [1.807, 2.05) is 0 Å². The quantitative estimate of drug-likeness (QED) is 0.206. The minimum atomic E-state index is -1.67. The van der Waals surface area contributed by atoms with Gasteiger partial charge < -0.3 is 64.2 Å². The number of methoxy groups -OCH3 is 2. The van der Waals surface area contributed by atoms with Crippen molar-refractivity contribution in [3.8, 4) is 23.0 Å². The summed E-state index contributed by atoms with van der Waals surface area (Å²) >= 11 is 0. The van der Waals surface area contributed by atoms with E-state index in [4.69, 9.17) is 33.5 Å². The summed E-state index contributed by atoms with van der Waals surface area (Å²) in [6.07, 6.45) is -12.8. The lowest BCUT2D eigenvalue weighted by atomic mass is 9.99. The average Bonchev–Trinajstić information content (AvgIpc) is 3.07. The highest BCUT2D eigenvalue weighted by Gasteiger charge is 2.47. The zero-order chi connectivity index (χ0) is 23.6. The Bertz CT molecular complexity index is 736. The Hall–Kier alpha value is -1.94. The lowest BCUT2D eigenvalue weighted by Gasteiger charge is -2.40. The minimum Gasteiger partial charge on any atom is -0.502 e. The van der Waals surface area contributed by atoms with Crippen molar-refractivity contribution in [2.45, 2.75) is 55.3 Å². The van der Waals surface area contributed by atoms with E-state index in [0.29, 0.717) is 0 Å². The Balaban J connectivity index is 1.69. The second-order valence-corrected chi connectivity index (χ2v) is 7.35. The molecule has 13 heteroatoms. The van der Waals surface area contributed by atoms with Crippen LogP contribution in [0.5, 0.6) is 23.0 Å². The van der Waals surface area contributed by atoms with Crippen LogP contribution >= 0.6 is 0 Å². The van der Waals surface area contributed by atoms with Crippen molar-refractivity contribution < 1.29 is 64.2 Å². The van der Waals surface area contributed by atoms with Gasteiger partial charge >= 0.3 is 0 Å². The number of aromatic hydroxyl groups is 1. The molecule has 2 fully saturated rings. The van der Waals surface area contributed by atoms with E-state index < -0.39 is 68.5 Å². The van der Waals surface area contributed by atoms with Crippen molar-refractivity contribution in [2.75, 3.05) is 27.4 Å². The van der Waals surface area contributed by atoms with Gasteiger partial charge in [-0.2, -0.15) is 0 Å². The summed E-state index contributed by atoms with van der Waals surface area (Å²) in [5.41, 5.74) is 0. The summed E-state index contributed by atoms with van der Waals surface area (Å²) in [6.45, 7) is -0.958. The number of rotatable bonds is 8. The molecule has 0 aromatic heterocycles. The number of phenols is 1. The van der Waals surface area contributed by atoms with E-state index in [2.05, 4.69) is 0 Å². The van der Waals surface area contributed by atoms with Crippen LogP contribution < -0.4 is 14.2 Å². The van der Waals surface area contributed by atoms with E-state index in [1.54, 1.807) is 0 Å². The van der Waals surface area contributed by atoms with Crippen LogP contribution in [0.1, 0.15) is 0 Å². The van der Waals surface area contributed by atoms with Crippen molar-refractivity contribution in [1.29, 1.82) is 0 Å². The lowest BCUT2D eigenvalue weighted by Crippen LogP contribution is -2.60. The first-order valence-corrected chi connectivity index (χ1v) is 9.77. The molecule has 0 bridgehead atoms. The third-order valence-electron chi connectivity index (χ3n) is 5.30. The maximum Gasteiger partial charge on any atom is 0.229 e. The fourth-order valence-corrected chi connectivity index (χ4v) is 3.42. The van der Waals surface area contributed by atoms with Crippen LogP contribution in [0, 0.1) is 0 Å². The van der Waals surface area contributed by atoms with E-state index in [1.165, 1.54) is 26.4 Å². The van der Waals surface area contributed by atoms with Crippen molar-refractivity contribution in [2.24, 2.45) is 0 Å². The number of hydrogen-bond acceptors (Lipinski definition) is 13. The molecule has 0 unspecified atom stereocenters. The number of ether oxygens (including phenoxy) is 6. The summed E-state index contributed by atoms with van der Waals surface area (Å²) in [7, 11) is 2.63. The predicted molar refractivity (Wildman–Crippen MR) is 102 cm³/mol. The molecule has 0 aliphatic carbocycles. The second kappa shape index (κ2) is 10.3. The van der Waals surface area contributed by atoms with Gasteiger partial charge in [0.15, 0.2) is 17.8 Å². The second-order valence-electron chi connectivity index (χ2n) is 7.35. The van der Waals surface area contributed by atoms with Gasteiger partial charge in [0.1, 0.15) is 48.5 Å². The molecule has 32 heavy (non-hydrogen) atoms. The van der Waals surface area contributed by atoms with E-state index in [-0.39, 0.29) is 23.0 Å². The number of hydrogen-bond donors (Lipinski definition) is 7. The van der Waals surface area contributed by atoms with Crippen LogP contribution in [0.2, 0.25) is 0 Å². The van der Waals surface area contributed by atoms with Crippen LogP contribution in [0.3, 0.4) is 0 Å². The Morgan fingerprint density at radius 2 is 1.31 bits per heavy atom. The molecule has 2 saturated heterocycles. The highest BCUT2D eigenvalue weighted by Crippen LogP contribution is 2.40. The number of aliphatic hydroxyl groups excluding tert-OH is 6. The van der Waals surface area contributed by atoms with E-state index in [0.717, 1.165) is 0 Å². The molecule has 3 rings (SSSR count). The first kappa shape index (κ1) is 24.7.